The summed E-state index contributed by atoms with van der Waals surface area (Å²) in [5, 5.41) is 25.4. The van der Waals surface area contributed by atoms with Crippen molar-refractivity contribution >= 4 is 35.5 Å². The van der Waals surface area contributed by atoms with Crippen molar-refractivity contribution in [3.05, 3.63) is 35.9 Å². The van der Waals surface area contributed by atoms with Crippen LogP contribution in [0.4, 0.5) is 0 Å². The minimum atomic E-state index is -1.48. The van der Waals surface area contributed by atoms with E-state index in [0.29, 0.717) is 5.75 Å². The first kappa shape index (κ1) is 25.4. The lowest BCUT2D eigenvalue weighted by Crippen LogP contribution is -2.57. The molecule has 0 aromatic heterocycles. The van der Waals surface area contributed by atoms with Crippen molar-refractivity contribution in [3.8, 4) is 0 Å². The van der Waals surface area contributed by atoms with Gasteiger partial charge >= 0.3 is 5.97 Å². The van der Waals surface area contributed by atoms with E-state index in [4.69, 9.17) is 15.9 Å². The molecule has 1 aromatic rings. The van der Waals surface area contributed by atoms with Crippen LogP contribution in [-0.2, 0) is 25.6 Å². The number of aliphatic hydroxyl groups is 1. The number of carbonyl (C=O) groups excluding carboxylic acids is 3. The van der Waals surface area contributed by atoms with Gasteiger partial charge < -0.3 is 31.9 Å². The fraction of sp³-hybridized carbons (Fsp3) is 0.474. The number of hydrogen-bond donors (Lipinski definition) is 6. The third kappa shape index (κ3) is 8.80. The number of nitrogens with one attached hydrogen (secondary N) is 3. The lowest BCUT2D eigenvalue weighted by atomic mass is 10.0. The van der Waals surface area contributed by atoms with Crippen molar-refractivity contribution in [2.75, 3.05) is 25.2 Å². The van der Waals surface area contributed by atoms with E-state index in [-0.39, 0.29) is 19.4 Å². The van der Waals surface area contributed by atoms with Crippen LogP contribution in [0, 0.1) is 0 Å². The van der Waals surface area contributed by atoms with Gasteiger partial charge in [-0.25, -0.2) is 4.79 Å². The molecule has 0 spiro atoms. The number of carboxylic acid groups (broad SMARTS) is 1. The van der Waals surface area contributed by atoms with Crippen molar-refractivity contribution in [1.82, 2.24) is 16.0 Å². The van der Waals surface area contributed by atoms with Crippen LogP contribution in [0.15, 0.2) is 30.3 Å². The van der Waals surface area contributed by atoms with E-state index in [1.54, 1.807) is 24.3 Å². The normalized spacial score (nSPS) is 13.6. The van der Waals surface area contributed by atoms with Gasteiger partial charge in [0.1, 0.15) is 18.1 Å². The monoisotopic (exact) mass is 440 g/mol. The predicted molar refractivity (Wildman–Crippen MR) is 113 cm³/mol. The molecule has 11 heteroatoms. The minimum absolute atomic E-state index is 0.184. The molecule has 166 valence electrons. The number of benzene rings is 1. The van der Waals surface area contributed by atoms with Crippen molar-refractivity contribution in [2.24, 2.45) is 5.73 Å². The van der Waals surface area contributed by atoms with Gasteiger partial charge in [0, 0.05) is 6.42 Å². The fourth-order valence-electron chi connectivity index (χ4n) is 2.55. The Balaban J connectivity index is 2.95. The number of amides is 3. The van der Waals surface area contributed by atoms with Crippen LogP contribution < -0.4 is 21.7 Å². The largest absolute Gasteiger partial charge is 0.480 e. The average Bonchev–Trinajstić information content (AvgIpc) is 2.74. The maximum Gasteiger partial charge on any atom is 0.328 e. The second-order valence-corrected chi connectivity index (χ2v) is 7.42. The zero-order valence-corrected chi connectivity index (χ0v) is 17.5. The molecule has 30 heavy (non-hydrogen) atoms. The predicted octanol–water partition coefficient (Wildman–Crippen LogP) is -1.53. The molecule has 0 radical (unpaired) electrons. The van der Waals surface area contributed by atoms with E-state index >= 15 is 0 Å². The fourth-order valence-corrected chi connectivity index (χ4v) is 3.02. The molecule has 7 N–H and O–H groups in total. The van der Waals surface area contributed by atoms with Crippen LogP contribution in [0.1, 0.15) is 12.0 Å². The molecule has 10 nitrogen and oxygen atoms in total. The summed E-state index contributed by atoms with van der Waals surface area (Å²) < 4.78 is 0. The van der Waals surface area contributed by atoms with Crippen LogP contribution in [-0.4, -0.2) is 77.2 Å². The lowest BCUT2D eigenvalue weighted by molar-refractivity contribution is -0.143. The third-order valence-corrected chi connectivity index (χ3v) is 4.80. The maximum absolute atomic E-state index is 12.8. The molecule has 1 aromatic carbocycles. The Morgan fingerprint density at radius 3 is 2.13 bits per heavy atom. The topological polar surface area (TPSA) is 171 Å². The Labute approximate surface area is 179 Å². The second-order valence-electron chi connectivity index (χ2n) is 6.44. The Hall–Kier alpha value is -2.63. The molecule has 3 unspecified atom stereocenters. The highest BCUT2D eigenvalue weighted by Crippen LogP contribution is 2.06. The van der Waals surface area contributed by atoms with Crippen LogP contribution in [0.25, 0.3) is 0 Å². The number of carbonyl (C=O) groups is 4. The summed E-state index contributed by atoms with van der Waals surface area (Å²) >= 11 is 1.45. The summed E-state index contributed by atoms with van der Waals surface area (Å²) in [7, 11) is 0. The molecule has 0 saturated heterocycles. The van der Waals surface area contributed by atoms with E-state index < -0.39 is 48.4 Å². The molecule has 0 aliphatic carbocycles. The van der Waals surface area contributed by atoms with Crippen LogP contribution >= 0.6 is 11.8 Å². The first-order chi connectivity index (χ1) is 14.3. The van der Waals surface area contributed by atoms with E-state index in [1.807, 2.05) is 12.3 Å². The van der Waals surface area contributed by atoms with Crippen molar-refractivity contribution in [1.29, 1.82) is 0 Å². The highest BCUT2D eigenvalue weighted by molar-refractivity contribution is 7.98. The molecule has 0 saturated carbocycles. The lowest BCUT2D eigenvalue weighted by Gasteiger charge is -2.24. The second kappa shape index (κ2) is 13.6. The molecular weight excluding hydrogens is 412 g/mol. The Morgan fingerprint density at radius 2 is 1.60 bits per heavy atom. The first-order valence-corrected chi connectivity index (χ1v) is 10.7. The summed E-state index contributed by atoms with van der Waals surface area (Å²) in [6, 6.07) is 5.52. The summed E-state index contributed by atoms with van der Waals surface area (Å²) in [6.07, 6.45) is 2.24. The van der Waals surface area contributed by atoms with Gasteiger partial charge in [0.25, 0.3) is 0 Å². The number of rotatable bonds is 13. The maximum atomic E-state index is 12.8. The number of aliphatic hydroxyl groups excluding tert-OH is 1. The van der Waals surface area contributed by atoms with Gasteiger partial charge in [-0.05, 0) is 24.0 Å². The SMILES string of the molecule is CSCCC(NC(=O)C(Cc1ccccc1)NC(=O)CN)C(=O)NC(CO)C(=O)O. The van der Waals surface area contributed by atoms with Crippen LogP contribution in [0.5, 0.6) is 0 Å². The zero-order chi connectivity index (χ0) is 22.5. The molecule has 1 rings (SSSR count). The smallest absolute Gasteiger partial charge is 0.328 e. The van der Waals surface area contributed by atoms with Crippen molar-refractivity contribution in [2.45, 2.75) is 31.0 Å². The molecule has 3 atom stereocenters. The quantitative estimate of drug-likeness (QED) is 0.214. The number of nitrogens with two attached hydrogens (primary N) is 1. The summed E-state index contributed by atoms with van der Waals surface area (Å²) in [4.78, 5) is 48.2. The summed E-state index contributed by atoms with van der Waals surface area (Å²) in [5.74, 6) is -2.73. The standard InChI is InChI=1S/C19H28N4O6S/c1-30-8-7-13(17(26)23-15(11-24)19(28)29)22-18(27)14(21-16(25)10-20)9-12-5-3-2-4-6-12/h2-6,13-15,24H,7-11,20H2,1H3,(H,21,25)(H,22,27)(H,23,26)(H,28,29). The average molecular weight is 441 g/mol. The Kier molecular flexibility index (Phi) is 11.5. The van der Waals surface area contributed by atoms with Gasteiger partial charge in [0.15, 0.2) is 0 Å². The van der Waals surface area contributed by atoms with Crippen molar-refractivity contribution < 1.29 is 29.4 Å². The van der Waals surface area contributed by atoms with Gasteiger partial charge in [-0.15, -0.1) is 0 Å². The summed E-state index contributed by atoms with van der Waals surface area (Å²) in [6.45, 7) is -1.08. The minimum Gasteiger partial charge on any atom is -0.480 e. The third-order valence-electron chi connectivity index (χ3n) is 4.16. The number of thioether (sulfide) groups is 1. The van der Waals surface area contributed by atoms with Gasteiger partial charge in [-0.1, -0.05) is 30.3 Å². The number of hydrogen-bond acceptors (Lipinski definition) is 7. The molecule has 0 heterocycles. The molecule has 0 aliphatic rings. The Bertz CT molecular complexity index is 718. The van der Waals surface area contributed by atoms with E-state index in [2.05, 4.69) is 16.0 Å². The van der Waals surface area contributed by atoms with E-state index in [0.717, 1.165) is 5.56 Å². The molecule has 3 amide bonds. The zero-order valence-electron chi connectivity index (χ0n) is 16.7. The Morgan fingerprint density at radius 1 is 1.00 bits per heavy atom. The van der Waals surface area contributed by atoms with Gasteiger partial charge in [-0.2, -0.15) is 11.8 Å². The molecular formula is C19H28N4O6S. The highest BCUT2D eigenvalue weighted by Gasteiger charge is 2.29. The van der Waals surface area contributed by atoms with Gasteiger partial charge in [0.2, 0.25) is 17.7 Å². The van der Waals surface area contributed by atoms with Crippen molar-refractivity contribution in [3.63, 3.8) is 0 Å². The summed E-state index contributed by atoms with van der Waals surface area (Å²) in [5.41, 5.74) is 6.14. The molecule has 0 aliphatic heterocycles. The number of carboxylic acids is 1. The van der Waals surface area contributed by atoms with Crippen LogP contribution in [0.2, 0.25) is 0 Å². The van der Waals surface area contributed by atoms with E-state index in [9.17, 15) is 19.2 Å². The number of aliphatic carboxylic acids is 1. The van der Waals surface area contributed by atoms with Gasteiger partial charge in [0.05, 0.1) is 13.2 Å². The first-order valence-electron chi connectivity index (χ1n) is 9.29. The van der Waals surface area contributed by atoms with Crippen LogP contribution in [0.3, 0.4) is 0 Å². The van der Waals surface area contributed by atoms with E-state index in [1.165, 1.54) is 11.8 Å². The molecule has 0 bridgehead atoms. The highest BCUT2D eigenvalue weighted by atomic mass is 32.2. The van der Waals surface area contributed by atoms with Gasteiger partial charge in [-0.3, -0.25) is 14.4 Å². The molecule has 0 fully saturated rings.